The van der Waals surface area contributed by atoms with Crippen LogP contribution in [0.5, 0.6) is 0 Å². The van der Waals surface area contributed by atoms with Gasteiger partial charge in [0.25, 0.3) is 0 Å². The molecule has 0 radical (unpaired) electrons. The maximum atomic E-state index is 12.0. The lowest BCUT2D eigenvalue weighted by Gasteiger charge is -2.48. The van der Waals surface area contributed by atoms with E-state index in [9.17, 15) is 34.2 Å². The van der Waals surface area contributed by atoms with Crippen molar-refractivity contribution in [3.8, 4) is 6.07 Å². The van der Waals surface area contributed by atoms with Crippen molar-refractivity contribution in [2.45, 2.75) is 247 Å². The molecule has 30 heterocycles. The normalized spacial score (nSPS) is 38.0. The van der Waals surface area contributed by atoms with Gasteiger partial charge >= 0.3 is 5.97 Å². The number of fused-ring (bicyclic) bond motifs is 30. The van der Waals surface area contributed by atoms with E-state index in [0.29, 0.717) is 84.4 Å². The van der Waals surface area contributed by atoms with E-state index in [1.165, 1.54) is 227 Å². The average Bonchev–Trinajstić information content (AvgIpc) is 0.770. The molecule has 125 heavy (non-hydrogen) atoms. The minimum Gasteiger partial charge on any atom is -0.457 e. The molecule has 3 aromatic carbocycles. The molecule has 30 aliphatic rings. The molecule has 0 spiro atoms. The van der Waals surface area contributed by atoms with Crippen LogP contribution >= 0.6 is 0 Å². The van der Waals surface area contributed by atoms with Crippen molar-refractivity contribution in [3.63, 3.8) is 0 Å². The van der Waals surface area contributed by atoms with Gasteiger partial charge in [-0.1, -0.05) is 99.1 Å². The summed E-state index contributed by atoms with van der Waals surface area (Å²) in [5, 5.41) is 37.5. The molecule has 30 aliphatic heterocycles. The Kier molecular flexibility index (Phi) is 35.6. The number of ketones is 1. The molecule has 3 amide bonds. The number of nitriles is 1. The van der Waals surface area contributed by atoms with E-state index in [2.05, 4.69) is 114 Å². The van der Waals surface area contributed by atoms with Gasteiger partial charge in [0.15, 0.2) is 5.60 Å². The second-order valence-corrected chi connectivity index (χ2v) is 40.9. The fourth-order valence-electron chi connectivity index (χ4n) is 24.1. The maximum Gasteiger partial charge on any atom is 0.338 e. The second-order valence-electron chi connectivity index (χ2n) is 40.9. The quantitative estimate of drug-likeness (QED) is 0.0608. The van der Waals surface area contributed by atoms with Crippen LogP contribution < -0.4 is 16.0 Å². The van der Waals surface area contributed by atoms with Gasteiger partial charge in [-0.15, -0.1) is 0 Å². The molecule has 30 saturated heterocycles. The number of nitrogens with one attached hydrogen (secondary N) is 3. The predicted molar refractivity (Wildman–Crippen MR) is 494 cm³/mol. The number of hydrogen-bond donors (Lipinski definition) is 5. The number of aliphatic hydroxyl groups excluding tert-OH is 1. The Bertz CT molecular complexity index is 3800. The summed E-state index contributed by atoms with van der Waals surface area (Å²) in [5.41, 5.74) is 2.92. The monoisotopic (exact) mass is 1720 g/mol. The van der Waals surface area contributed by atoms with Gasteiger partial charge in [-0.05, 0) is 336 Å². The van der Waals surface area contributed by atoms with E-state index >= 15 is 0 Å². The lowest BCUT2D eigenvalue weighted by molar-refractivity contribution is -0.130. The number of piperidine rings is 30. The van der Waals surface area contributed by atoms with Gasteiger partial charge in [-0.25, -0.2) is 11.4 Å². The van der Waals surface area contributed by atoms with Crippen molar-refractivity contribution < 1.29 is 38.9 Å². The zero-order valence-corrected chi connectivity index (χ0v) is 76.6. The lowest BCUT2D eigenvalue weighted by atomic mass is 9.67. The summed E-state index contributed by atoms with van der Waals surface area (Å²) >= 11 is 0. The third-order valence-electron chi connectivity index (χ3n) is 32.9. The predicted octanol–water partition coefficient (Wildman–Crippen LogP) is 10.8. The first kappa shape index (κ1) is 94.8. The molecule has 5 N–H and O–H groups in total. The molecule has 0 aromatic heterocycles. The number of rotatable bonds is 13. The summed E-state index contributed by atoms with van der Waals surface area (Å²) in [7, 11) is 0. The summed E-state index contributed by atoms with van der Waals surface area (Å²) in [6.45, 7) is 45.9. The van der Waals surface area contributed by atoms with E-state index < -0.39 is 5.60 Å². The molecule has 30 fully saturated rings. The number of nitrogens with zero attached hydrogens (tertiary/aromatic N) is 12. The van der Waals surface area contributed by atoms with Crippen molar-refractivity contribution in [1.82, 2.24) is 64.9 Å². The Labute approximate surface area is 750 Å². The highest BCUT2D eigenvalue weighted by atomic mass is 16.5. The van der Waals surface area contributed by atoms with E-state index in [1.54, 1.807) is 5.56 Å². The molecule has 6 unspecified atom stereocenters. The molecule has 688 valence electrons. The van der Waals surface area contributed by atoms with Crippen molar-refractivity contribution >= 4 is 29.5 Å². The third-order valence-corrected chi connectivity index (χ3v) is 32.9. The van der Waals surface area contributed by atoms with E-state index in [0.717, 1.165) is 153 Å². The van der Waals surface area contributed by atoms with E-state index in [4.69, 9.17) is 16.6 Å². The average molecular weight is 1720 g/mol. The largest absolute Gasteiger partial charge is 0.457 e. The lowest BCUT2D eigenvalue weighted by Crippen LogP contribution is -2.58. The zero-order chi connectivity index (χ0) is 87.0. The molecule has 23 heteroatoms. The number of esters is 1. The fourth-order valence-corrected chi connectivity index (χ4v) is 24.1. The molecule has 6 atom stereocenters. The number of Topliss-reactive ketones (excluding diaryl/α,β-unsaturated/α-hetero) is 1. The number of unbranched alkanes of at least 4 members (excludes halogenated alkanes) is 1. The van der Waals surface area contributed by atoms with Gasteiger partial charge in [-0.3, -0.25) is 33.9 Å². The minimum atomic E-state index is -1.03. The molecular weight excluding hydrogens is 1560 g/mol. The number of aliphatic hydroxyl groups is 2. The molecule has 0 aliphatic carbocycles. The van der Waals surface area contributed by atoms with Gasteiger partial charge in [0.1, 0.15) is 11.9 Å². The number of ether oxygens (including phenoxy) is 1. The summed E-state index contributed by atoms with van der Waals surface area (Å²) < 4.78 is 5.63. The Hall–Kier alpha value is -6.29. The molecule has 23 nitrogen and oxygen atoms in total. The van der Waals surface area contributed by atoms with Crippen LogP contribution in [0.25, 0.3) is 4.85 Å². The molecule has 0 saturated carbocycles. The third kappa shape index (κ3) is 27.2. The van der Waals surface area contributed by atoms with E-state index in [-0.39, 0.29) is 47.4 Å². The van der Waals surface area contributed by atoms with Gasteiger partial charge in [0.2, 0.25) is 23.3 Å². The first-order valence-corrected chi connectivity index (χ1v) is 50.1. The smallest absolute Gasteiger partial charge is 0.338 e. The fraction of sp³-hybridized carbons (Fsp3) is 0.755. The van der Waals surface area contributed by atoms with Crippen LogP contribution in [0.1, 0.15) is 215 Å². The van der Waals surface area contributed by atoms with Crippen LogP contribution in [0.3, 0.4) is 0 Å². The van der Waals surface area contributed by atoms with Gasteiger partial charge in [-0.2, -0.15) is 5.26 Å². The van der Waals surface area contributed by atoms with Crippen LogP contribution in [-0.2, 0) is 35.8 Å². The van der Waals surface area contributed by atoms with Crippen molar-refractivity contribution in [2.75, 3.05) is 196 Å². The molecule has 3 aromatic rings. The highest BCUT2D eigenvalue weighted by molar-refractivity contribution is 5.89. The second kappa shape index (κ2) is 47.0. The van der Waals surface area contributed by atoms with Crippen LogP contribution in [0.2, 0.25) is 0 Å². The summed E-state index contributed by atoms with van der Waals surface area (Å²) in [4.78, 5) is 86.1. The number of amides is 3. The molecule has 33 rings (SSSR count). The van der Waals surface area contributed by atoms with Gasteiger partial charge in [0.05, 0.1) is 30.7 Å². The van der Waals surface area contributed by atoms with Crippen LogP contribution in [0, 0.1) is 65.2 Å². The van der Waals surface area contributed by atoms with Crippen LogP contribution in [-0.4, -0.2) is 327 Å². The highest BCUT2D eigenvalue weighted by Gasteiger charge is 2.48. The standard InChI is InChI=1S/C15H20N2O.C14H17NO2.C13H17N.C12H22N2O.C11H20N2O.C8H12N2O.C8H12N2.C7H13NO.C7H11NO.C7H13N/c18-15(10-12-4-2-1-3-5-12)16-14-11-17-8-6-13(14)7-9-17;16-14(12-4-2-1-3-5-12)17-13-10-15-8-6-11(13)7-9-15;1-2-4-12(5-3-1)13-6-9-14(10-7-13)11-8-13;1-2-3-4-12(15)13-11-9-14-7-5-10(11)6-8-14;1-2-3-11(14)12-10-8-13-6-4-9(10)5-7-13;9-5-8(11)6-10-3-1-7(8)2-4-10;1-9-8-2-5-10(6-3-8)7-4-8;2*9-7-5-8-3-1-6(7)2-4-8;1-4-8-5-2-7(1)3-6-8/h1-5,13-14H,6-11H2,(H,16,18);1-5,11,13H,6-10H2;1-5H,6-11H2;10-11H,2-9H2,1H3,(H,13,15);9-10H,2-8H2,1H3,(H,12,14);7,11H,1-4,6H2;2-7H2;6-7,9H,1-5H2;6H,1-5H2;7H,1-6H2. The first-order valence-electron chi connectivity index (χ1n) is 50.1. The van der Waals surface area contributed by atoms with Crippen molar-refractivity contribution in [3.05, 3.63) is 119 Å². The van der Waals surface area contributed by atoms with Crippen molar-refractivity contribution in [2.24, 2.45) is 47.3 Å². The maximum absolute atomic E-state index is 12.0. The zero-order valence-electron chi connectivity index (χ0n) is 76.6. The Balaban J connectivity index is 0.000000114. The first-order chi connectivity index (χ1) is 60.9. The Morgan fingerprint density at radius 1 is 0.456 bits per heavy atom. The SMILES string of the molecule is C1CN2CCC1CC2.CCCC(=O)NC1CN2CCC1CC2.CCCCC(=O)NC1CN2CCC1CC2.N#CC1(O)CN2CCC1CC2.O=C(Cc1ccccc1)NC1CN2CCC1CC2.O=C(OC1CN2CCC1CC2)c1ccccc1.O=C1CN2CCC1CC2.OC1CN2CCC1CC2.[C-]#[N+]C12CCN(CC1)CC2.c1ccc(C23CCN(CC2)CC3)cc1. The summed E-state index contributed by atoms with van der Waals surface area (Å²) in [6.07, 6.45) is 33.6. The number of carbonyl (C=O) groups excluding carboxylic acids is 5. The number of carbonyl (C=O) groups is 5. The molecular formula is C102H157N15O8. The van der Waals surface area contributed by atoms with Crippen LogP contribution in [0.15, 0.2) is 91.0 Å². The number of benzene rings is 3. The summed E-state index contributed by atoms with van der Waals surface area (Å²) in [6, 6.07) is 33.7. The minimum absolute atomic E-state index is 0.00694. The van der Waals surface area contributed by atoms with Gasteiger partial charge in [0, 0.05) is 121 Å². The van der Waals surface area contributed by atoms with Crippen LogP contribution in [0.4, 0.5) is 0 Å². The van der Waals surface area contributed by atoms with Crippen molar-refractivity contribution in [1.29, 1.82) is 5.26 Å². The number of hydrogen-bond acceptors (Lipinski definition) is 19. The highest BCUT2D eigenvalue weighted by Crippen LogP contribution is 2.43. The Morgan fingerprint density at radius 3 is 1.19 bits per heavy atom. The topological polar surface area (TPSA) is 232 Å². The summed E-state index contributed by atoms with van der Waals surface area (Å²) in [5.74, 6) is 6.17. The van der Waals surface area contributed by atoms with Gasteiger partial charge < -0.3 is 70.0 Å². The Morgan fingerprint density at radius 2 is 0.864 bits per heavy atom. The van der Waals surface area contributed by atoms with E-state index in [1.807, 2.05) is 66.7 Å². The molecule has 20 bridgehead atoms.